The first-order valence-electron chi connectivity index (χ1n) is 5.46. The summed E-state index contributed by atoms with van der Waals surface area (Å²) in [6.45, 7) is 16.1. The van der Waals surface area contributed by atoms with Crippen LogP contribution in [0.5, 0.6) is 0 Å². The van der Waals surface area contributed by atoms with Crippen LogP contribution in [0.2, 0.25) is 0 Å². The van der Waals surface area contributed by atoms with Crippen molar-refractivity contribution in [1.29, 1.82) is 0 Å². The number of hydrogen-bond donors (Lipinski definition) is 0. The Morgan fingerprint density at radius 2 is 1.31 bits per heavy atom. The average molecular weight is 182 g/mol. The van der Waals surface area contributed by atoms with Crippen molar-refractivity contribution in [1.82, 2.24) is 0 Å². The van der Waals surface area contributed by atoms with Crippen molar-refractivity contribution in [3.63, 3.8) is 0 Å². The summed E-state index contributed by atoms with van der Waals surface area (Å²) in [5.41, 5.74) is 0.408. The fourth-order valence-electron chi connectivity index (χ4n) is 1.16. The zero-order valence-electron chi connectivity index (χ0n) is 10.4. The number of hydrogen-bond acceptors (Lipinski definition) is 0. The molecule has 0 radical (unpaired) electrons. The van der Waals surface area contributed by atoms with Crippen LogP contribution in [0.4, 0.5) is 0 Å². The lowest BCUT2D eigenvalue weighted by atomic mass is 9.71. The van der Waals surface area contributed by atoms with Crippen molar-refractivity contribution in [3.8, 4) is 0 Å². The van der Waals surface area contributed by atoms with Crippen LogP contribution < -0.4 is 0 Å². The van der Waals surface area contributed by atoms with Gasteiger partial charge in [-0.05, 0) is 23.2 Å². The van der Waals surface area contributed by atoms with Crippen LogP contribution in [-0.4, -0.2) is 0 Å². The Morgan fingerprint density at radius 3 is 1.62 bits per heavy atom. The standard InChI is InChI=1S/C13H26/c1-10(2)8-9-12(5)13(6,7)11(3)4/h8-12H,1-7H3. The van der Waals surface area contributed by atoms with Gasteiger partial charge in [0.15, 0.2) is 0 Å². The highest BCUT2D eigenvalue weighted by molar-refractivity contribution is 4.95. The molecule has 0 amide bonds. The molecule has 0 aromatic heterocycles. The van der Waals surface area contributed by atoms with Gasteiger partial charge in [0.05, 0.1) is 0 Å². The number of allylic oxidation sites excluding steroid dienone is 2. The third-order valence-electron chi connectivity index (χ3n) is 3.45. The fourth-order valence-corrected chi connectivity index (χ4v) is 1.16. The summed E-state index contributed by atoms with van der Waals surface area (Å²) in [5.74, 6) is 2.07. The van der Waals surface area contributed by atoms with Crippen LogP contribution in [0.15, 0.2) is 12.2 Å². The first kappa shape index (κ1) is 12.7. The lowest BCUT2D eigenvalue weighted by molar-refractivity contribution is 0.185. The first-order chi connectivity index (χ1) is 5.78. The molecular weight excluding hydrogens is 156 g/mol. The van der Waals surface area contributed by atoms with E-state index in [-0.39, 0.29) is 0 Å². The maximum absolute atomic E-state index is 2.37. The van der Waals surface area contributed by atoms with E-state index in [0.717, 1.165) is 5.92 Å². The Labute approximate surface area is 84.4 Å². The Hall–Kier alpha value is -0.260. The molecule has 0 N–H and O–H groups in total. The maximum Gasteiger partial charge on any atom is -0.0208 e. The molecule has 1 unspecified atom stereocenters. The largest absolute Gasteiger partial charge is 0.0857 e. The van der Waals surface area contributed by atoms with Gasteiger partial charge in [0, 0.05) is 0 Å². The van der Waals surface area contributed by atoms with E-state index in [9.17, 15) is 0 Å². The summed E-state index contributed by atoms with van der Waals surface area (Å²) in [4.78, 5) is 0. The Balaban J connectivity index is 4.33. The molecule has 1 atom stereocenters. The molecule has 0 heterocycles. The molecule has 0 rings (SSSR count). The predicted octanol–water partition coefficient (Wildman–Crippen LogP) is 4.52. The molecule has 0 fully saturated rings. The van der Waals surface area contributed by atoms with Crippen molar-refractivity contribution in [2.75, 3.05) is 0 Å². The summed E-state index contributed by atoms with van der Waals surface area (Å²) >= 11 is 0. The van der Waals surface area contributed by atoms with E-state index in [1.54, 1.807) is 0 Å². The Bertz CT molecular complexity index is 161. The SMILES string of the molecule is CC(C)C=CC(C)C(C)(C)C(C)C. The molecule has 78 valence electrons. The van der Waals surface area contributed by atoms with Gasteiger partial charge in [0.1, 0.15) is 0 Å². The lowest BCUT2D eigenvalue weighted by Crippen LogP contribution is -2.26. The molecule has 13 heavy (non-hydrogen) atoms. The molecule has 0 heteroatoms. The van der Waals surface area contributed by atoms with Crippen LogP contribution in [0.3, 0.4) is 0 Å². The van der Waals surface area contributed by atoms with E-state index < -0.39 is 0 Å². The van der Waals surface area contributed by atoms with E-state index in [4.69, 9.17) is 0 Å². The molecule has 0 aromatic rings. The highest BCUT2D eigenvalue weighted by atomic mass is 14.3. The lowest BCUT2D eigenvalue weighted by Gasteiger charge is -2.34. The zero-order chi connectivity index (χ0) is 10.6. The highest BCUT2D eigenvalue weighted by Crippen LogP contribution is 2.35. The van der Waals surface area contributed by atoms with Crippen LogP contribution >= 0.6 is 0 Å². The second-order valence-corrected chi connectivity index (χ2v) is 5.39. The second-order valence-electron chi connectivity index (χ2n) is 5.39. The predicted molar refractivity (Wildman–Crippen MR) is 61.8 cm³/mol. The summed E-state index contributed by atoms with van der Waals surface area (Å²) in [7, 11) is 0. The van der Waals surface area contributed by atoms with Crippen molar-refractivity contribution >= 4 is 0 Å². The van der Waals surface area contributed by atoms with Gasteiger partial charge in [-0.1, -0.05) is 60.6 Å². The van der Waals surface area contributed by atoms with E-state index in [1.807, 2.05) is 0 Å². The molecule has 0 aliphatic heterocycles. The molecule has 0 saturated heterocycles. The van der Waals surface area contributed by atoms with Crippen LogP contribution in [0.1, 0.15) is 48.5 Å². The van der Waals surface area contributed by atoms with E-state index >= 15 is 0 Å². The smallest absolute Gasteiger partial charge is 0.0208 e. The van der Waals surface area contributed by atoms with Crippen LogP contribution in [0.25, 0.3) is 0 Å². The highest BCUT2D eigenvalue weighted by Gasteiger charge is 2.27. The van der Waals surface area contributed by atoms with Gasteiger partial charge in [0.25, 0.3) is 0 Å². The minimum atomic E-state index is 0.408. The van der Waals surface area contributed by atoms with E-state index in [2.05, 4.69) is 60.6 Å². The molecule has 0 aromatic carbocycles. The van der Waals surface area contributed by atoms with E-state index in [0.29, 0.717) is 17.3 Å². The molecule has 0 aliphatic carbocycles. The van der Waals surface area contributed by atoms with Gasteiger partial charge in [-0.25, -0.2) is 0 Å². The van der Waals surface area contributed by atoms with Gasteiger partial charge in [-0.2, -0.15) is 0 Å². The monoisotopic (exact) mass is 182 g/mol. The minimum Gasteiger partial charge on any atom is -0.0857 e. The Morgan fingerprint density at radius 1 is 0.846 bits per heavy atom. The van der Waals surface area contributed by atoms with Gasteiger partial charge >= 0.3 is 0 Å². The quantitative estimate of drug-likeness (QED) is 0.561. The van der Waals surface area contributed by atoms with Gasteiger partial charge in [0.2, 0.25) is 0 Å². The topological polar surface area (TPSA) is 0 Å². The second kappa shape index (κ2) is 4.83. The van der Waals surface area contributed by atoms with Crippen molar-refractivity contribution in [2.24, 2.45) is 23.2 Å². The molecule has 0 saturated carbocycles. The zero-order valence-corrected chi connectivity index (χ0v) is 10.4. The summed E-state index contributed by atoms with van der Waals surface area (Å²) in [6.07, 6.45) is 4.68. The molecule has 0 bridgehead atoms. The molecule has 0 aliphatic rings. The van der Waals surface area contributed by atoms with Crippen LogP contribution in [0, 0.1) is 23.2 Å². The third-order valence-corrected chi connectivity index (χ3v) is 3.45. The van der Waals surface area contributed by atoms with Crippen LogP contribution in [-0.2, 0) is 0 Å². The maximum atomic E-state index is 2.37. The summed E-state index contributed by atoms with van der Waals surface area (Å²) in [5, 5.41) is 0. The third kappa shape index (κ3) is 3.97. The van der Waals surface area contributed by atoms with Crippen molar-refractivity contribution < 1.29 is 0 Å². The molecule has 0 nitrogen and oxygen atoms in total. The first-order valence-corrected chi connectivity index (χ1v) is 5.46. The van der Waals surface area contributed by atoms with Gasteiger partial charge < -0.3 is 0 Å². The summed E-state index contributed by atoms with van der Waals surface area (Å²) < 4.78 is 0. The Kier molecular flexibility index (Phi) is 4.74. The summed E-state index contributed by atoms with van der Waals surface area (Å²) in [6, 6.07) is 0. The molecule has 0 spiro atoms. The van der Waals surface area contributed by atoms with Crippen molar-refractivity contribution in [2.45, 2.75) is 48.5 Å². The molecular formula is C13H26. The normalized spacial score (nSPS) is 16.1. The fraction of sp³-hybridized carbons (Fsp3) is 0.846. The van der Waals surface area contributed by atoms with Gasteiger partial charge in [-0.15, -0.1) is 0 Å². The van der Waals surface area contributed by atoms with E-state index in [1.165, 1.54) is 0 Å². The minimum absolute atomic E-state index is 0.408. The average Bonchev–Trinajstić information content (AvgIpc) is 1.99. The van der Waals surface area contributed by atoms with Gasteiger partial charge in [-0.3, -0.25) is 0 Å². The van der Waals surface area contributed by atoms with Crippen molar-refractivity contribution in [3.05, 3.63) is 12.2 Å². The number of rotatable bonds is 4.